The van der Waals surface area contributed by atoms with Crippen LogP contribution < -0.4 is 0 Å². The van der Waals surface area contributed by atoms with Gasteiger partial charge in [-0.2, -0.15) is 0 Å². The second-order valence-electron chi connectivity index (χ2n) is 12.2. The fourth-order valence-corrected chi connectivity index (χ4v) is 6.29. The van der Waals surface area contributed by atoms with Gasteiger partial charge in [0.1, 0.15) is 18.3 Å². The third-order valence-electron chi connectivity index (χ3n) is 9.17. The number of hydrogen-bond acceptors (Lipinski definition) is 8. The van der Waals surface area contributed by atoms with E-state index in [1.807, 2.05) is 97.9 Å². The number of aliphatic hydroxyl groups is 1. The van der Waals surface area contributed by atoms with Gasteiger partial charge in [-0.15, -0.1) is 0 Å². The summed E-state index contributed by atoms with van der Waals surface area (Å²) < 4.78 is 44.3. The van der Waals surface area contributed by atoms with Gasteiger partial charge >= 0.3 is 0 Å². The third-order valence-corrected chi connectivity index (χ3v) is 9.17. The maximum Gasteiger partial charge on any atom is 0.184 e. The molecule has 11 atom stereocenters. The highest BCUT2D eigenvalue weighted by Crippen LogP contribution is 2.40. The topological polar surface area (TPSA) is 84.8 Å². The van der Waals surface area contributed by atoms with Crippen molar-refractivity contribution >= 4 is 0 Å². The zero-order chi connectivity index (χ0) is 30.5. The molecule has 3 fully saturated rings. The van der Waals surface area contributed by atoms with Gasteiger partial charge in [0.25, 0.3) is 0 Å². The van der Waals surface area contributed by atoms with Crippen LogP contribution >= 0.6 is 0 Å². The summed E-state index contributed by atoms with van der Waals surface area (Å²) in [6.07, 6.45) is -4.24. The number of rotatable bonds is 10. The Bertz CT molecular complexity index is 1280. The van der Waals surface area contributed by atoms with E-state index in [1.54, 1.807) is 0 Å². The minimum atomic E-state index is -0.897. The van der Waals surface area contributed by atoms with Crippen LogP contribution in [0.15, 0.2) is 91.0 Å². The van der Waals surface area contributed by atoms with Crippen LogP contribution in [0.3, 0.4) is 0 Å². The minimum Gasteiger partial charge on any atom is -0.387 e. The van der Waals surface area contributed by atoms with Crippen LogP contribution in [0.4, 0.5) is 0 Å². The van der Waals surface area contributed by atoms with E-state index in [2.05, 4.69) is 13.8 Å². The van der Waals surface area contributed by atoms with Gasteiger partial charge in [0.15, 0.2) is 18.9 Å². The fraction of sp³-hybridized carbons (Fsp3) is 0.500. The van der Waals surface area contributed by atoms with E-state index in [0.29, 0.717) is 26.4 Å². The molecule has 3 aliphatic heterocycles. The molecule has 0 radical (unpaired) electrons. The lowest BCUT2D eigenvalue weighted by Gasteiger charge is -2.50. The molecule has 0 bridgehead atoms. The van der Waals surface area contributed by atoms with Crippen molar-refractivity contribution in [3.8, 4) is 0 Å². The molecule has 5 unspecified atom stereocenters. The van der Waals surface area contributed by atoms with E-state index in [4.69, 9.17) is 33.2 Å². The molecule has 6 rings (SSSR count). The van der Waals surface area contributed by atoms with Crippen LogP contribution in [0.25, 0.3) is 0 Å². The quantitative estimate of drug-likeness (QED) is 0.319. The molecular weight excluding hydrogens is 560 g/mol. The maximum absolute atomic E-state index is 11.4. The zero-order valence-electron chi connectivity index (χ0n) is 25.6. The zero-order valence-corrected chi connectivity index (χ0v) is 25.6. The molecule has 236 valence electrons. The van der Waals surface area contributed by atoms with E-state index >= 15 is 0 Å². The van der Waals surface area contributed by atoms with E-state index in [0.717, 1.165) is 16.7 Å². The summed E-state index contributed by atoms with van der Waals surface area (Å²) in [5, 5.41) is 11.4. The Morgan fingerprint density at radius 1 is 0.705 bits per heavy atom. The van der Waals surface area contributed by atoms with Gasteiger partial charge in [-0.3, -0.25) is 0 Å². The number of benzene rings is 3. The first-order valence-electron chi connectivity index (χ1n) is 15.7. The molecule has 3 heterocycles. The minimum absolute atomic E-state index is 0.0213. The van der Waals surface area contributed by atoms with Crippen LogP contribution in [-0.4, -0.2) is 61.4 Å². The van der Waals surface area contributed by atoms with Crippen molar-refractivity contribution in [1.29, 1.82) is 0 Å². The van der Waals surface area contributed by atoms with Crippen molar-refractivity contribution in [3.05, 3.63) is 108 Å². The summed E-state index contributed by atoms with van der Waals surface area (Å²) in [6, 6.07) is 30.0. The molecule has 0 aliphatic carbocycles. The standard InChI is InChI=1S/C36H44O8/c1-23-24(2)34(39-20-27-15-9-5-10-16-27)41-29(21-38-19-26-13-7-4-8-14-26)32(23)44-36-31(37)25(3)33-30(42-36)22-40-35(43-33)28-17-11-6-12-18-28/h4-18,23-25,29-37H,19-22H2,1-3H3/t23-,24?,25-,29?,30?,31?,32+,33+,34-,35?,36+/m1/s1. The average Bonchev–Trinajstić information content (AvgIpc) is 3.07. The van der Waals surface area contributed by atoms with Crippen molar-refractivity contribution < 1.29 is 38.3 Å². The number of fused-ring (bicyclic) bond motifs is 1. The molecule has 0 spiro atoms. The molecule has 3 saturated heterocycles. The van der Waals surface area contributed by atoms with Gasteiger partial charge < -0.3 is 38.3 Å². The molecule has 3 aromatic carbocycles. The Hall–Kier alpha value is -2.66. The lowest BCUT2D eigenvalue weighted by Crippen LogP contribution is -2.61. The smallest absolute Gasteiger partial charge is 0.184 e. The summed E-state index contributed by atoms with van der Waals surface area (Å²) >= 11 is 0. The summed E-state index contributed by atoms with van der Waals surface area (Å²) in [4.78, 5) is 0. The van der Waals surface area contributed by atoms with Gasteiger partial charge in [-0.25, -0.2) is 0 Å². The number of aliphatic hydroxyl groups excluding tert-OH is 1. The average molecular weight is 605 g/mol. The third kappa shape index (κ3) is 7.25. The van der Waals surface area contributed by atoms with E-state index in [-0.39, 0.29) is 30.0 Å². The molecule has 1 N–H and O–H groups in total. The second kappa shape index (κ2) is 14.6. The molecule has 3 aliphatic rings. The van der Waals surface area contributed by atoms with Crippen molar-refractivity contribution in [3.63, 3.8) is 0 Å². The normalized spacial score (nSPS) is 35.6. The number of ether oxygens (including phenoxy) is 7. The van der Waals surface area contributed by atoms with Gasteiger partial charge in [0.05, 0.1) is 38.6 Å². The second-order valence-corrected chi connectivity index (χ2v) is 12.2. The predicted molar refractivity (Wildman–Crippen MR) is 163 cm³/mol. The van der Waals surface area contributed by atoms with Crippen molar-refractivity contribution in [2.45, 2.75) is 83.4 Å². The molecular formula is C36H44O8. The van der Waals surface area contributed by atoms with Crippen LogP contribution in [-0.2, 0) is 46.4 Å². The SMILES string of the molecule is CC1[C@H](OCc2ccccc2)OC(COCc2ccccc2)[C@@H](O[C@@H]2OC3COC(c4ccccc4)O[C@H]3[C@H](C)C2O)[C@@H]1C. The van der Waals surface area contributed by atoms with Crippen LogP contribution in [0.5, 0.6) is 0 Å². The van der Waals surface area contributed by atoms with Crippen molar-refractivity contribution in [2.24, 2.45) is 17.8 Å². The largest absolute Gasteiger partial charge is 0.387 e. The highest BCUT2D eigenvalue weighted by atomic mass is 16.8. The van der Waals surface area contributed by atoms with E-state index in [1.165, 1.54) is 0 Å². The van der Waals surface area contributed by atoms with Crippen molar-refractivity contribution in [1.82, 2.24) is 0 Å². The Labute approximate surface area is 260 Å². The van der Waals surface area contributed by atoms with E-state index in [9.17, 15) is 5.11 Å². The summed E-state index contributed by atoms with van der Waals surface area (Å²) in [5.41, 5.74) is 3.10. The first-order chi connectivity index (χ1) is 21.5. The Balaban J connectivity index is 1.13. The predicted octanol–water partition coefficient (Wildman–Crippen LogP) is 5.64. The maximum atomic E-state index is 11.4. The number of hydrogen-bond donors (Lipinski definition) is 1. The lowest BCUT2D eigenvalue weighted by molar-refractivity contribution is -0.374. The van der Waals surface area contributed by atoms with Crippen LogP contribution in [0.1, 0.15) is 43.8 Å². The first-order valence-corrected chi connectivity index (χ1v) is 15.7. The summed E-state index contributed by atoms with van der Waals surface area (Å²) in [6.45, 7) is 7.77. The Morgan fingerprint density at radius 2 is 1.34 bits per heavy atom. The lowest BCUT2D eigenvalue weighted by atomic mass is 9.84. The van der Waals surface area contributed by atoms with Gasteiger partial charge in [0.2, 0.25) is 0 Å². The Morgan fingerprint density at radius 3 is 2.02 bits per heavy atom. The molecule has 8 heteroatoms. The van der Waals surface area contributed by atoms with Crippen LogP contribution in [0, 0.1) is 17.8 Å². The highest BCUT2D eigenvalue weighted by molar-refractivity contribution is 5.17. The van der Waals surface area contributed by atoms with E-state index < -0.39 is 37.2 Å². The molecule has 0 aromatic heterocycles. The highest BCUT2D eigenvalue weighted by Gasteiger charge is 2.51. The van der Waals surface area contributed by atoms with Crippen LogP contribution in [0.2, 0.25) is 0 Å². The molecule has 0 saturated carbocycles. The molecule has 8 nitrogen and oxygen atoms in total. The monoisotopic (exact) mass is 604 g/mol. The summed E-state index contributed by atoms with van der Waals surface area (Å²) in [7, 11) is 0. The van der Waals surface area contributed by atoms with Gasteiger partial charge in [0, 0.05) is 17.4 Å². The molecule has 3 aromatic rings. The molecule has 0 amide bonds. The first kappa shape index (κ1) is 31.3. The van der Waals surface area contributed by atoms with Crippen molar-refractivity contribution in [2.75, 3.05) is 13.2 Å². The van der Waals surface area contributed by atoms with Gasteiger partial charge in [-0.1, -0.05) is 112 Å². The Kier molecular flexibility index (Phi) is 10.4. The summed E-state index contributed by atoms with van der Waals surface area (Å²) in [5.74, 6) is -0.186. The molecule has 44 heavy (non-hydrogen) atoms. The van der Waals surface area contributed by atoms with Gasteiger partial charge in [-0.05, 0) is 17.0 Å². The fourth-order valence-electron chi connectivity index (χ4n) is 6.29.